The summed E-state index contributed by atoms with van der Waals surface area (Å²) in [4.78, 5) is 5.90. The van der Waals surface area contributed by atoms with E-state index < -0.39 is 0 Å². The first kappa shape index (κ1) is 12.1. The van der Waals surface area contributed by atoms with Crippen LogP contribution in [0.3, 0.4) is 0 Å². The molecular formula is C13H22N2S. The van der Waals surface area contributed by atoms with Crippen molar-refractivity contribution in [2.24, 2.45) is 5.92 Å². The molecule has 1 N–H and O–H groups in total. The van der Waals surface area contributed by atoms with E-state index in [-0.39, 0.29) is 0 Å². The molecule has 90 valence electrons. The highest BCUT2D eigenvalue weighted by atomic mass is 32.1. The molecule has 0 saturated heterocycles. The van der Waals surface area contributed by atoms with Gasteiger partial charge in [0.2, 0.25) is 0 Å². The number of rotatable bonds is 6. The van der Waals surface area contributed by atoms with Crippen LogP contribution in [0.25, 0.3) is 0 Å². The van der Waals surface area contributed by atoms with Crippen LogP contribution in [0.15, 0.2) is 6.20 Å². The SMILES string of the molecule is CCC(NCc1cnc(C2CC2)s1)C(C)C. The van der Waals surface area contributed by atoms with Crippen LogP contribution in [0.2, 0.25) is 0 Å². The topological polar surface area (TPSA) is 24.9 Å². The first-order valence-electron chi connectivity index (χ1n) is 6.38. The molecule has 1 fully saturated rings. The van der Waals surface area contributed by atoms with Gasteiger partial charge in [0.1, 0.15) is 0 Å². The second-order valence-corrected chi connectivity index (χ2v) is 6.23. The van der Waals surface area contributed by atoms with Gasteiger partial charge in [-0.1, -0.05) is 20.8 Å². The lowest BCUT2D eigenvalue weighted by atomic mass is 10.0. The molecule has 1 saturated carbocycles. The number of nitrogens with zero attached hydrogens (tertiary/aromatic N) is 1. The summed E-state index contributed by atoms with van der Waals surface area (Å²) in [5.74, 6) is 1.51. The van der Waals surface area contributed by atoms with E-state index in [4.69, 9.17) is 0 Å². The van der Waals surface area contributed by atoms with E-state index in [1.807, 2.05) is 11.3 Å². The fraction of sp³-hybridized carbons (Fsp3) is 0.769. The highest BCUT2D eigenvalue weighted by molar-refractivity contribution is 7.11. The van der Waals surface area contributed by atoms with Crippen molar-refractivity contribution in [1.29, 1.82) is 0 Å². The zero-order valence-corrected chi connectivity index (χ0v) is 11.3. The third kappa shape index (κ3) is 3.05. The quantitative estimate of drug-likeness (QED) is 0.820. The molecule has 1 atom stereocenters. The molecule has 0 amide bonds. The van der Waals surface area contributed by atoms with Crippen molar-refractivity contribution < 1.29 is 0 Å². The molecule has 1 aromatic heterocycles. The second-order valence-electron chi connectivity index (χ2n) is 5.08. The summed E-state index contributed by atoms with van der Waals surface area (Å²) < 4.78 is 0. The predicted octanol–water partition coefficient (Wildman–Crippen LogP) is 3.54. The van der Waals surface area contributed by atoms with E-state index in [0.717, 1.165) is 12.5 Å². The maximum atomic E-state index is 4.51. The van der Waals surface area contributed by atoms with E-state index in [1.165, 1.54) is 29.1 Å². The third-order valence-corrected chi connectivity index (χ3v) is 4.44. The Morgan fingerprint density at radius 2 is 2.25 bits per heavy atom. The fourth-order valence-corrected chi connectivity index (χ4v) is 3.04. The molecule has 0 aliphatic heterocycles. The highest BCUT2D eigenvalue weighted by Crippen LogP contribution is 2.41. The lowest BCUT2D eigenvalue weighted by Crippen LogP contribution is -2.32. The first-order chi connectivity index (χ1) is 7.70. The van der Waals surface area contributed by atoms with Crippen molar-refractivity contribution in [3.8, 4) is 0 Å². The van der Waals surface area contributed by atoms with Crippen molar-refractivity contribution in [2.75, 3.05) is 0 Å². The number of aromatic nitrogens is 1. The Balaban J connectivity index is 1.83. The molecule has 0 radical (unpaired) electrons. The number of thiazole rings is 1. The molecule has 1 aliphatic rings. The molecule has 1 aliphatic carbocycles. The second kappa shape index (κ2) is 5.28. The van der Waals surface area contributed by atoms with Gasteiger partial charge in [-0.15, -0.1) is 11.3 Å². The molecule has 2 rings (SSSR count). The van der Waals surface area contributed by atoms with E-state index in [2.05, 4.69) is 37.3 Å². The summed E-state index contributed by atoms with van der Waals surface area (Å²) in [6, 6.07) is 0.631. The van der Waals surface area contributed by atoms with Gasteiger partial charge in [0, 0.05) is 29.6 Å². The van der Waals surface area contributed by atoms with Gasteiger partial charge < -0.3 is 5.32 Å². The standard InChI is InChI=1S/C13H22N2S/c1-4-12(9(2)3)14-7-11-8-15-13(16-11)10-5-6-10/h8-10,12,14H,4-7H2,1-3H3. The summed E-state index contributed by atoms with van der Waals surface area (Å²) in [6.45, 7) is 7.80. The molecule has 1 aromatic rings. The van der Waals surface area contributed by atoms with Crippen LogP contribution in [-0.4, -0.2) is 11.0 Å². The molecular weight excluding hydrogens is 216 g/mol. The lowest BCUT2D eigenvalue weighted by Gasteiger charge is -2.20. The van der Waals surface area contributed by atoms with Gasteiger partial charge in [-0.2, -0.15) is 0 Å². The van der Waals surface area contributed by atoms with Crippen molar-refractivity contribution >= 4 is 11.3 Å². The predicted molar refractivity (Wildman–Crippen MR) is 69.8 cm³/mol. The molecule has 2 nitrogen and oxygen atoms in total. The van der Waals surface area contributed by atoms with Crippen LogP contribution in [-0.2, 0) is 6.54 Å². The van der Waals surface area contributed by atoms with Crippen LogP contribution in [0.1, 0.15) is 55.8 Å². The van der Waals surface area contributed by atoms with Crippen LogP contribution >= 0.6 is 11.3 Å². The monoisotopic (exact) mass is 238 g/mol. The Bertz CT molecular complexity index is 328. The van der Waals surface area contributed by atoms with Gasteiger partial charge in [-0.25, -0.2) is 4.98 Å². The Morgan fingerprint density at radius 1 is 1.50 bits per heavy atom. The molecule has 1 unspecified atom stereocenters. The average Bonchev–Trinajstić information content (AvgIpc) is 3.00. The van der Waals surface area contributed by atoms with Gasteiger partial charge in [0.05, 0.1) is 5.01 Å². The minimum Gasteiger partial charge on any atom is -0.309 e. The molecule has 0 bridgehead atoms. The third-order valence-electron chi connectivity index (χ3n) is 3.28. The van der Waals surface area contributed by atoms with Crippen molar-refractivity contribution in [3.05, 3.63) is 16.1 Å². The van der Waals surface area contributed by atoms with Gasteiger partial charge in [-0.3, -0.25) is 0 Å². The number of nitrogens with one attached hydrogen (secondary N) is 1. The fourth-order valence-electron chi connectivity index (χ4n) is 2.01. The summed E-state index contributed by atoms with van der Waals surface area (Å²) in [7, 11) is 0. The number of hydrogen-bond donors (Lipinski definition) is 1. The molecule has 0 spiro atoms. The summed E-state index contributed by atoms with van der Waals surface area (Å²) in [5, 5.41) is 4.98. The van der Waals surface area contributed by atoms with Crippen LogP contribution < -0.4 is 5.32 Å². The van der Waals surface area contributed by atoms with E-state index in [1.54, 1.807) is 0 Å². The summed E-state index contributed by atoms with van der Waals surface area (Å²) in [6.07, 6.45) is 5.96. The van der Waals surface area contributed by atoms with Crippen LogP contribution in [0.4, 0.5) is 0 Å². The smallest absolute Gasteiger partial charge is 0.0959 e. The largest absolute Gasteiger partial charge is 0.309 e. The summed E-state index contributed by atoms with van der Waals surface area (Å²) in [5.41, 5.74) is 0. The normalized spacial score (nSPS) is 18.0. The number of hydrogen-bond acceptors (Lipinski definition) is 3. The van der Waals surface area contributed by atoms with E-state index in [0.29, 0.717) is 12.0 Å². The zero-order chi connectivity index (χ0) is 11.5. The van der Waals surface area contributed by atoms with Gasteiger partial charge in [0.15, 0.2) is 0 Å². The molecule has 16 heavy (non-hydrogen) atoms. The van der Waals surface area contributed by atoms with Gasteiger partial charge in [-0.05, 0) is 25.2 Å². The van der Waals surface area contributed by atoms with Crippen molar-refractivity contribution in [1.82, 2.24) is 10.3 Å². The Kier molecular flexibility index (Phi) is 3.98. The minimum absolute atomic E-state index is 0.631. The van der Waals surface area contributed by atoms with E-state index in [9.17, 15) is 0 Å². The van der Waals surface area contributed by atoms with Crippen LogP contribution in [0, 0.1) is 5.92 Å². The highest BCUT2D eigenvalue weighted by Gasteiger charge is 2.26. The van der Waals surface area contributed by atoms with Gasteiger partial charge in [0.25, 0.3) is 0 Å². The maximum absolute atomic E-state index is 4.51. The van der Waals surface area contributed by atoms with Crippen molar-refractivity contribution in [2.45, 2.75) is 58.5 Å². The Morgan fingerprint density at radius 3 is 2.81 bits per heavy atom. The molecule has 0 aromatic carbocycles. The summed E-state index contributed by atoms with van der Waals surface area (Å²) >= 11 is 1.89. The van der Waals surface area contributed by atoms with Gasteiger partial charge >= 0.3 is 0 Å². The van der Waals surface area contributed by atoms with Crippen molar-refractivity contribution in [3.63, 3.8) is 0 Å². The Labute approximate surface area is 102 Å². The average molecular weight is 238 g/mol. The van der Waals surface area contributed by atoms with Crippen LogP contribution in [0.5, 0.6) is 0 Å². The molecule has 1 heterocycles. The minimum atomic E-state index is 0.631. The molecule has 3 heteroatoms. The lowest BCUT2D eigenvalue weighted by molar-refractivity contribution is 0.388. The van der Waals surface area contributed by atoms with E-state index >= 15 is 0 Å². The maximum Gasteiger partial charge on any atom is 0.0959 e. The zero-order valence-electron chi connectivity index (χ0n) is 10.5. The Hall–Kier alpha value is -0.410. The first-order valence-corrected chi connectivity index (χ1v) is 7.20.